The molecule has 3 N–H and O–H groups in total. The largest absolute Gasteiger partial charge is 0.344 e. The normalized spacial score (nSPS) is 11.8. The second-order valence-corrected chi connectivity index (χ2v) is 1.13. The maximum atomic E-state index is 7.94. The lowest BCUT2D eigenvalue weighted by Gasteiger charge is -2.08. The van der Waals surface area contributed by atoms with Gasteiger partial charge in [0.1, 0.15) is 7.85 Å². The van der Waals surface area contributed by atoms with Crippen molar-refractivity contribution in [3.05, 3.63) is 0 Å². The molecule has 0 radical (unpaired) electrons. The first-order chi connectivity index (χ1) is 2.56. The summed E-state index contributed by atoms with van der Waals surface area (Å²) >= 11 is 0. The van der Waals surface area contributed by atoms with Crippen molar-refractivity contribution < 1.29 is 15.3 Å². The van der Waals surface area contributed by atoms with Crippen LogP contribution in [0.1, 0.15) is 0 Å². The predicted molar refractivity (Wildman–Crippen MR) is 22.7 cm³/mol. The highest BCUT2D eigenvalue weighted by Gasteiger charge is 2.11. The monoisotopic (exact) mass is 90.0 g/mol. The lowest BCUT2D eigenvalue weighted by Crippen LogP contribution is -2.25. The van der Waals surface area contributed by atoms with Crippen LogP contribution in [0.4, 0.5) is 0 Å². The SMILES string of the molecule is BCC(O)(O)O. The summed E-state index contributed by atoms with van der Waals surface area (Å²) in [4.78, 5) is 0. The van der Waals surface area contributed by atoms with Crippen molar-refractivity contribution in [3.63, 3.8) is 0 Å². The molecule has 0 unspecified atom stereocenters. The first-order valence-electron chi connectivity index (χ1n) is 1.73. The van der Waals surface area contributed by atoms with Crippen LogP contribution >= 0.6 is 0 Å². The van der Waals surface area contributed by atoms with E-state index >= 15 is 0 Å². The fourth-order valence-electron chi connectivity index (χ4n) is 0. The number of rotatable bonds is 1. The third-order valence-corrected chi connectivity index (χ3v) is 0.474. The quantitative estimate of drug-likeness (QED) is 0.250. The van der Waals surface area contributed by atoms with Crippen molar-refractivity contribution in [2.75, 3.05) is 0 Å². The second-order valence-electron chi connectivity index (χ2n) is 1.13. The van der Waals surface area contributed by atoms with Crippen molar-refractivity contribution in [2.45, 2.75) is 12.3 Å². The van der Waals surface area contributed by atoms with E-state index in [0.29, 0.717) is 0 Å². The van der Waals surface area contributed by atoms with Crippen LogP contribution in [-0.4, -0.2) is 29.1 Å². The van der Waals surface area contributed by atoms with Gasteiger partial charge in [-0.15, -0.1) is 0 Å². The molecular formula is C2H7BO3. The molecule has 0 saturated heterocycles. The van der Waals surface area contributed by atoms with Gasteiger partial charge in [0.15, 0.2) is 0 Å². The van der Waals surface area contributed by atoms with Gasteiger partial charge in [0.05, 0.1) is 0 Å². The Balaban J connectivity index is 3.17. The third-order valence-electron chi connectivity index (χ3n) is 0.474. The average molecular weight is 89.9 g/mol. The Kier molecular flexibility index (Phi) is 1.58. The molecule has 3 nitrogen and oxygen atoms in total. The Morgan fingerprint density at radius 3 is 1.50 bits per heavy atom. The van der Waals surface area contributed by atoms with Gasteiger partial charge in [-0.05, 0) is 6.32 Å². The Morgan fingerprint density at radius 2 is 1.50 bits per heavy atom. The Morgan fingerprint density at radius 1 is 1.33 bits per heavy atom. The Labute approximate surface area is 36.6 Å². The molecule has 0 aromatic carbocycles. The lowest BCUT2D eigenvalue weighted by atomic mass is 10.0. The molecule has 6 heavy (non-hydrogen) atoms. The van der Waals surface area contributed by atoms with Crippen LogP contribution in [0.15, 0.2) is 0 Å². The zero-order chi connectivity index (χ0) is 5.21. The fraction of sp³-hybridized carbons (Fsp3) is 1.00. The highest BCUT2D eigenvalue weighted by atomic mass is 16.7. The summed E-state index contributed by atoms with van der Waals surface area (Å²) in [5.41, 5.74) is 0. The van der Waals surface area contributed by atoms with Crippen LogP contribution in [0.2, 0.25) is 6.32 Å². The Bertz CT molecular complexity index is 38.5. The summed E-state index contributed by atoms with van der Waals surface area (Å²) in [6.07, 6.45) is -0.0625. The highest BCUT2D eigenvalue weighted by Crippen LogP contribution is 1.93. The van der Waals surface area contributed by atoms with Crippen LogP contribution in [0.25, 0.3) is 0 Å². The molecule has 36 valence electrons. The van der Waals surface area contributed by atoms with Gasteiger partial charge in [0.25, 0.3) is 5.97 Å². The van der Waals surface area contributed by atoms with E-state index in [4.69, 9.17) is 15.3 Å². The summed E-state index contributed by atoms with van der Waals surface area (Å²) in [6.45, 7) is 0. The van der Waals surface area contributed by atoms with Gasteiger partial charge in [0, 0.05) is 0 Å². The number of hydrogen-bond donors (Lipinski definition) is 3. The summed E-state index contributed by atoms with van der Waals surface area (Å²) in [6, 6.07) is 0. The van der Waals surface area contributed by atoms with Crippen LogP contribution in [-0.2, 0) is 0 Å². The molecule has 0 aromatic heterocycles. The van der Waals surface area contributed by atoms with Crippen molar-refractivity contribution in [2.24, 2.45) is 0 Å². The Hall–Kier alpha value is -0.0551. The molecule has 0 spiro atoms. The van der Waals surface area contributed by atoms with Crippen molar-refractivity contribution in [1.29, 1.82) is 0 Å². The topological polar surface area (TPSA) is 60.7 Å². The fourth-order valence-corrected chi connectivity index (χ4v) is 0. The van der Waals surface area contributed by atoms with E-state index in [1.54, 1.807) is 0 Å². The molecule has 0 heterocycles. The summed E-state index contributed by atoms with van der Waals surface area (Å²) in [7, 11) is 1.46. The van der Waals surface area contributed by atoms with Crippen molar-refractivity contribution >= 4 is 7.85 Å². The zero-order valence-corrected chi connectivity index (χ0v) is 3.55. The maximum Gasteiger partial charge on any atom is 0.267 e. The van der Waals surface area contributed by atoms with Gasteiger partial charge in [-0.3, -0.25) is 0 Å². The van der Waals surface area contributed by atoms with Gasteiger partial charge in [0.2, 0.25) is 0 Å². The highest BCUT2D eigenvalue weighted by molar-refractivity contribution is 6.08. The molecule has 0 atom stereocenters. The van der Waals surface area contributed by atoms with Gasteiger partial charge >= 0.3 is 0 Å². The molecule has 0 aliphatic carbocycles. The molecule has 0 bridgehead atoms. The van der Waals surface area contributed by atoms with E-state index in [-0.39, 0.29) is 6.32 Å². The smallest absolute Gasteiger partial charge is 0.267 e. The van der Waals surface area contributed by atoms with Crippen LogP contribution in [0, 0.1) is 0 Å². The standard InChI is InChI=1S/C2H7BO3/c3-1-2(4,5)6/h4-6H,1,3H2. The van der Waals surface area contributed by atoms with Gasteiger partial charge < -0.3 is 15.3 Å². The van der Waals surface area contributed by atoms with Crippen molar-refractivity contribution in [1.82, 2.24) is 0 Å². The van der Waals surface area contributed by atoms with E-state index in [2.05, 4.69) is 0 Å². The predicted octanol–water partition coefficient (Wildman–Crippen LogP) is -2.33. The first kappa shape index (κ1) is 5.94. The van der Waals surface area contributed by atoms with E-state index in [9.17, 15) is 0 Å². The van der Waals surface area contributed by atoms with E-state index in [0.717, 1.165) is 0 Å². The molecule has 0 aromatic rings. The van der Waals surface area contributed by atoms with E-state index in [1.807, 2.05) is 0 Å². The molecular weight excluding hydrogens is 82.8 g/mol. The summed E-state index contributed by atoms with van der Waals surface area (Å²) in [5.74, 6) is -2.46. The lowest BCUT2D eigenvalue weighted by molar-refractivity contribution is -0.296. The average Bonchev–Trinajstić information content (AvgIpc) is 1.35. The molecule has 0 rings (SSSR count). The number of hydrogen-bond acceptors (Lipinski definition) is 3. The van der Waals surface area contributed by atoms with Crippen LogP contribution < -0.4 is 0 Å². The summed E-state index contributed by atoms with van der Waals surface area (Å²) < 4.78 is 0. The minimum Gasteiger partial charge on any atom is -0.344 e. The number of aliphatic hydroxyl groups is 3. The molecule has 0 aliphatic rings. The molecule has 0 aliphatic heterocycles. The third kappa shape index (κ3) is 3.94. The van der Waals surface area contributed by atoms with Gasteiger partial charge in [-0.2, -0.15) is 0 Å². The minimum absolute atomic E-state index is 0.0625. The minimum atomic E-state index is -2.46. The molecule has 0 saturated carbocycles. The van der Waals surface area contributed by atoms with E-state index < -0.39 is 5.97 Å². The molecule has 0 fully saturated rings. The second kappa shape index (κ2) is 1.60. The first-order valence-corrected chi connectivity index (χ1v) is 1.73. The van der Waals surface area contributed by atoms with E-state index in [1.165, 1.54) is 7.85 Å². The molecule has 4 heteroatoms. The van der Waals surface area contributed by atoms with Crippen molar-refractivity contribution in [3.8, 4) is 0 Å². The summed E-state index contributed by atoms with van der Waals surface area (Å²) in [5, 5.41) is 23.8. The van der Waals surface area contributed by atoms with Gasteiger partial charge in [-0.25, -0.2) is 0 Å². The zero-order valence-electron chi connectivity index (χ0n) is 3.55. The van der Waals surface area contributed by atoms with Gasteiger partial charge in [-0.1, -0.05) is 0 Å². The maximum absolute atomic E-state index is 7.94. The van der Waals surface area contributed by atoms with Crippen LogP contribution in [0.5, 0.6) is 0 Å². The molecule has 0 amide bonds. The van der Waals surface area contributed by atoms with Crippen LogP contribution in [0.3, 0.4) is 0 Å².